The number of hydrogen-bond acceptors (Lipinski definition) is 4. The molecule has 4 nitrogen and oxygen atoms in total. The zero-order valence-electron chi connectivity index (χ0n) is 11.6. The number of ether oxygens (including phenoxy) is 1. The molecule has 2 rings (SSSR count). The predicted molar refractivity (Wildman–Crippen MR) is 71.1 cm³/mol. The van der Waals surface area contributed by atoms with Crippen molar-refractivity contribution in [1.29, 1.82) is 0 Å². The number of hydrogen-bond donors (Lipinski definition) is 1. The summed E-state index contributed by atoms with van der Waals surface area (Å²) in [5.74, 6) is 1.21. The average molecular weight is 254 g/mol. The van der Waals surface area contributed by atoms with Crippen LogP contribution >= 0.6 is 0 Å². The largest absolute Gasteiger partial charge is 0.465 e. The van der Waals surface area contributed by atoms with Gasteiger partial charge in [0.2, 0.25) is 0 Å². The fraction of sp³-hybridized carbons (Fsp3) is 0.929. The molecule has 2 aliphatic rings. The lowest BCUT2D eigenvalue weighted by Crippen LogP contribution is -2.42. The zero-order chi connectivity index (χ0) is 13.1. The second kappa shape index (κ2) is 6.02. The summed E-state index contributed by atoms with van der Waals surface area (Å²) in [7, 11) is 0. The Kier molecular flexibility index (Phi) is 4.62. The highest BCUT2D eigenvalue weighted by Gasteiger charge is 2.42. The molecular weight excluding hydrogens is 228 g/mol. The summed E-state index contributed by atoms with van der Waals surface area (Å²) in [6.07, 6.45) is 4.49. The van der Waals surface area contributed by atoms with Crippen LogP contribution in [0.5, 0.6) is 0 Å². The smallest absolute Gasteiger partial charge is 0.323 e. The summed E-state index contributed by atoms with van der Waals surface area (Å²) in [5, 5.41) is 0. The van der Waals surface area contributed by atoms with E-state index in [1.165, 1.54) is 12.8 Å². The van der Waals surface area contributed by atoms with Gasteiger partial charge in [-0.15, -0.1) is 0 Å². The SMILES string of the molecule is CCOC(=O)C(CC)N1CC2CCCC(N)C2C1. The molecule has 2 N–H and O–H groups in total. The Balaban J connectivity index is 1.99. The highest BCUT2D eigenvalue weighted by atomic mass is 16.5. The minimum absolute atomic E-state index is 0.0628. The Morgan fingerprint density at radius 3 is 2.78 bits per heavy atom. The van der Waals surface area contributed by atoms with Crippen LogP contribution in [0, 0.1) is 11.8 Å². The van der Waals surface area contributed by atoms with Gasteiger partial charge in [-0.2, -0.15) is 0 Å². The number of nitrogens with zero attached hydrogens (tertiary/aromatic N) is 1. The van der Waals surface area contributed by atoms with Gasteiger partial charge in [0.25, 0.3) is 0 Å². The second-order valence-electron chi connectivity index (χ2n) is 5.65. The van der Waals surface area contributed by atoms with Crippen LogP contribution in [0.1, 0.15) is 39.5 Å². The number of fused-ring (bicyclic) bond motifs is 1. The number of rotatable bonds is 4. The quantitative estimate of drug-likeness (QED) is 0.770. The van der Waals surface area contributed by atoms with Crippen molar-refractivity contribution in [2.75, 3.05) is 19.7 Å². The molecule has 1 aliphatic carbocycles. The first kappa shape index (κ1) is 13.8. The lowest BCUT2D eigenvalue weighted by atomic mass is 9.78. The van der Waals surface area contributed by atoms with E-state index in [4.69, 9.17) is 10.5 Å². The fourth-order valence-electron chi connectivity index (χ4n) is 3.62. The van der Waals surface area contributed by atoms with Crippen molar-refractivity contribution in [3.05, 3.63) is 0 Å². The van der Waals surface area contributed by atoms with Gasteiger partial charge in [0.15, 0.2) is 0 Å². The van der Waals surface area contributed by atoms with E-state index in [-0.39, 0.29) is 12.0 Å². The summed E-state index contributed by atoms with van der Waals surface area (Å²) in [6.45, 7) is 6.39. The predicted octanol–water partition coefficient (Wildman–Crippen LogP) is 1.39. The molecule has 0 amide bonds. The van der Waals surface area contributed by atoms with Gasteiger partial charge in [0.05, 0.1) is 6.61 Å². The summed E-state index contributed by atoms with van der Waals surface area (Å²) >= 11 is 0. The monoisotopic (exact) mass is 254 g/mol. The molecule has 1 heterocycles. The van der Waals surface area contributed by atoms with E-state index in [1.54, 1.807) is 0 Å². The van der Waals surface area contributed by atoms with E-state index in [9.17, 15) is 4.79 Å². The van der Waals surface area contributed by atoms with Crippen LogP contribution in [0.25, 0.3) is 0 Å². The molecule has 0 spiro atoms. The highest BCUT2D eigenvalue weighted by molar-refractivity contribution is 5.75. The van der Waals surface area contributed by atoms with Crippen molar-refractivity contribution < 1.29 is 9.53 Å². The molecular formula is C14H26N2O2. The van der Waals surface area contributed by atoms with Gasteiger partial charge in [-0.3, -0.25) is 9.69 Å². The van der Waals surface area contributed by atoms with E-state index >= 15 is 0 Å². The van der Waals surface area contributed by atoms with E-state index in [2.05, 4.69) is 11.8 Å². The lowest BCUT2D eigenvalue weighted by molar-refractivity contribution is -0.149. The number of esters is 1. The molecule has 0 bridgehead atoms. The van der Waals surface area contributed by atoms with Crippen molar-refractivity contribution >= 4 is 5.97 Å². The Bertz CT molecular complexity index is 296. The van der Waals surface area contributed by atoms with Gasteiger partial charge in [0, 0.05) is 19.1 Å². The van der Waals surface area contributed by atoms with Crippen molar-refractivity contribution in [2.45, 2.75) is 51.6 Å². The van der Waals surface area contributed by atoms with Gasteiger partial charge in [0.1, 0.15) is 6.04 Å². The van der Waals surface area contributed by atoms with Crippen LogP contribution in [0.3, 0.4) is 0 Å². The van der Waals surface area contributed by atoms with Gasteiger partial charge in [-0.05, 0) is 38.0 Å². The van der Waals surface area contributed by atoms with Crippen molar-refractivity contribution in [1.82, 2.24) is 4.90 Å². The first-order chi connectivity index (χ1) is 8.67. The molecule has 0 aromatic carbocycles. The van der Waals surface area contributed by atoms with Crippen LogP contribution in [0.15, 0.2) is 0 Å². The van der Waals surface area contributed by atoms with Gasteiger partial charge < -0.3 is 10.5 Å². The summed E-state index contributed by atoms with van der Waals surface area (Å²) in [4.78, 5) is 14.3. The highest BCUT2D eigenvalue weighted by Crippen LogP contribution is 2.36. The molecule has 4 heteroatoms. The Morgan fingerprint density at radius 1 is 1.39 bits per heavy atom. The topological polar surface area (TPSA) is 55.6 Å². The number of likely N-dealkylation sites (tertiary alicyclic amines) is 1. The summed E-state index contributed by atoms with van der Waals surface area (Å²) < 4.78 is 5.18. The molecule has 0 radical (unpaired) electrons. The van der Waals surface area contributed by atoms with Crippen LogP contribution in [-0.4, -0.2) is 42.6 Å². The van der Waals surface area contributed by atoms with Crippen LogP contribution < -0.4 is 5.73 Å². The second-order valence-corrected chi connectivity index (χ2v) is 5.65. The maximum atomic E-state index is 12.0. The van der Waals surface area contributed by atoms with Crippen LogP contribution in [-0.2, 0) is 9.53 Å². The molecule has 4 atom stereocenters. The first-order valence-corrected chi connectivity index (χ1v) is 7.33. The van der Waals surface area contributed by atoms with Crippen LogP contribution in [0.4, 0.5) is 0 Å². The van der Waals surface area contributed by atoms with Crippen molar-refractivity contribution in [3.63, 3.8) is 0 Å². The lowest BCUT2D eigenvalue weighted by Gasteiger charge is -2.30. The van der Waals surface area contributed by atoms with E-state index in [1.807, 2.05) is 6.92 Å². The zero-order valence-corrected chi connectivity index (χ0v) is 11.6. The molecule has 18 heavy (non-hydrogen) atoms. The third-order valence-corrected chi connectivity index (χ3v) is 4.57. The molecule has 0 aromatic heterocycles. The number of nitrogens with two attached hydrogens (primary N) is 1. The van der Waals surface area contributed by atoms with Crippen molar-refractivity contribution in [2.24, 2.45) is 17.6 Å². The van der Waals surface area contributed by atoms with Gasteiger partial charge >= 0.3 is 5.97 Å². The Hall–Kier alpha value is -0.610. The average Bonchev–Trinajstić information content (AvgIpc) is 2.75. The van der Waals surface area contributed by atoms with E-state index < -0.39 is 0 Å². The molecule has 4 unspecified atom stereocenters. The molecule has 2 fully saturated rings. The molecule has 104 valence electrons. The molecule has 0 aromatic rings. The minimum Gasteiger partial charge on any atom is -0.465 e. The summed E-state index contributed by atoms with van der Waals surface area (Å²) in [6, 6.07) is 0.260. The number of carbonyl (C=O) groups is 1. The van der Waals surface area contributed by atoms with Gasteiger partial charge in [-0.25, -0.2) is 0 Å². The van der Waals surface area contributed by atoms with E-state index in [0.29, 0.717) is 24.5 Å². The molecule has 1 aliphatic heterocycles. The summed E-state index contributed by atoms with van der Waals surface area (Å²) in [5.41, 5.74) is 6.22. The fourth-order valence-corrected chi connectivity index (χ4v) is 3.62. The van der Waals surface area contributed by atoms with Gasteiger partial charge in [-0.1, -0.05) is 13.3 Å². The standard InChI is InChI=1S/C14H26N2O2/c1-3-13(14(17)18-4-2)16-8-10-6-5-7-12(15)11(10)9-16/h10-13H,3-9,15H2,1-2H3. The van der Waals surface area contributed by atoms with Crippen molar-refractivity contribution in [3.8, 4) is 0 Å². The minimum atomic E-state index is -0.0669. The Labute approximate surface area is 110 Å². The third kappa shape index (κ3) is 2.69. The maximum absolute atomic E-state index is 12.0. The number of carbonyl (C=O) groups excluding carboxylic acids is 1. The van der Waals surface area contributed by atoms with Crippen LogP contribution in [0.2, 0.25) is 0 Å². The Morgan fingerprint density at radius 2 is 2.17 bits per heavy atom. The first-order valence-electron chi connectivity index (χ1n) is 7.33. The third-order valence-electron chi connectivity index (χ3n) is 4.57. The molecule has 1 saturated heterocycles. The van der Waals surface area contributed by atoms with E-state index in [0.717, 1.165) is 25.9 Å². The normalized spacial score (nSPS) is 34.1. The molecule has 1 saturated carbocycles. The maximum Gasteiger partial charge on any atom is 0.323 e.